The summed E-state index contributed by atoms with van der Waals surface area (Å²) < 4.78 is 5.51. The Bertz CT molecular complexity index is 631. The van der Waals surface area contributed by atoms with Gasteiger partial charge < -0.3 is 21.9 Å². The number of hydrogen-bond acceptors (Lipinski definition) is 3. The van der Waals surface area contributed by atoms with Crippen LogP contribution in [0, 0.1) is 0 Å². The van der Waals surface area contributed by atoms with Crippen LogP contribution >= 0.6 is 0 Å². The summed E-state index contributed by atoms with van der Waals surface area (Å²) >= 11 is 0. The van der Waals surface area contributed by atoms with Crippen molar-refractivity contribution in [1.82, 2.24) is 0 Å². The zero-order valence-electron chi connectivity index (χ0n) is 10.6. The fourth-order valence-corrected chi connectivity index (χ4v) is 1.90. The number of hydrogen-bond donors (Lipinski definition) is 3. The molecule has 0 fully saturated rings. The summed E-state index contributed by atoms with van der Waals surface area (Å²) in [6.07, 6.45) is 1.94. The number of benzene rings is 1. The summed E-state index contributed by atoms with van der Waals surface area (Å²) in [5, 5.41) is 0. The number of carbonyl (C=O) groups is 2. The molecule has 0 atom stereocenters. The van der Waals surface area contributed by atoms with Crippen molar-refractivity contribution in [1.29, 1.82) is 0 Å². The molecule has 1 aliphatic rings. The number of carbonyl (C=O) groups excluding carboxylic acids is 2. The van der Waals surface area contributed by atoms with Crippen molar-refractivity contribution in [3.05, 3.63) is 34.9 Å². The van der Waals surface area contributed by atoms with Crippen LogP contribution in [-0.2, 0) is 4.79 Å². The van der Waals surface area contributed by atoms with Crippen molar-refractivity contribution in [2.24, 2.45) is 22.2 Å². The zero-order valence-corrected chi connectivity index (χ0v) is 10.6. The number of aliphatic imine (C=N–C) groups is 1. The topological polar surface area (TPSA) is 134 Å². The molecule has 2 rings (SSSR count). The van der Waals surface area contributed by atoms with Gasteiger partial charge in [-0.1, -0.05) is 12.1 Å². The number of fused-ring (bicyclic) bond motifs is 1. The number of para-hydroxylation sites is 1. The Morgan fingerprint density at radius 1 is 1.20 bits per heavy atom. The first-order chi connectivity index (χ1) is 9.49. The van der Waals surface area contributed by atoms with Gasteiger partial charge in [0.2, 0.25) is 0 Å². The van der Waals surface area contributed by atoms with Crippen molar-refractivity contribution in [3.63, 3.8) is 0 Å². The monoisotopic (exact) mass is 274 g/mol. The highest BCUT2D eigenvalue weighted by atomic mass is 16.5. The third kappa shape index (κ3) is 2.77. The number of nitrogens with zero attached hydrogens (tertiary/aromatic N) is 1. The molecular formula is C13H14N4O3. The number of rotatable bonds is 2. The van der Waals surface area contributed by atoms with E-state index < -0.39 is 11.8 Å². The molecule has 0 bridgehead atoms. The van der Waals surface area contributed by atoms with E-state index in [1.54, 1.807) is 24.3 Å². The molecule has 7 heteroatoms. The zero-order chi connectivity index (χ0) is 14.7. The second-order valence-corrected chi connectivity index (χ2v) is 4.20. The van der Waals surface area contributed by atoms with E-state index in [9.17, 15) is 9.59 Å². The first kappa shape index (κ1) is 13.6. The van der Waals surface area contributed by atoms with E-state index in [-0.39, 0.29) is 18.1 Å². The maximum absolute atomic E-state index is 11.8. The van der Waals surface area contributed by atoms with Crippen LogP contribution in [0.3, 0.4) is 0 Å². The summed E-state index contributed by atoms with van der Waals surface area (Å²) in [6, 6.07) is 4.94. The Morgan fingerprint density at radius 2 is 1.95 bits per heavy atom. The third-order valence-corrected chi connectivity index (χ3v) is 2.76. The molecule has 1 aromatic rings. The highest BCUT2D eigenvalue weighted by molar-refractivity contribution is 6.05. The van der Waals surface area contributed by atoms with E-state index in [1.807, 2.05) is 0 Å². The second-order valence-electron chi connectivity index (χ2n) is 4.20. The lowest BCUT2D eigenvalue weighted by Crippen LogP contribution is -2.24. The lowest BCUT2D eigenvalue weighted by atomic mass is 10.0. The Hall–Kier alpha value is -2.83. The highest BCUT2D eigenvalue weighted by Crippen LogP contribution is 2.29. The van der Waals surface area contributed by atoms with Gasteiger partial charge in [-0.05, 0) is 12.1 Å². The van der Waals surface area contributed by atoms with E-state index in [0.717, 1.165) is 0 Å². The molecule has 2 amide bonds. The largest absolute Gasteiger partial charge is 0.492 e. The summed E-state index contributed by atoms with van der Waals surface area (Å²) in [7, 11) is 0. The first-order valence-corrected chi connectivity index (χ1v) is 5.89. The molecule has 1 heterocycles. The van der Waals surface area contributed by atoms with Gasteiger partial charge in [0.05, 0.1) is 12.2 Å². The van der Waals surface area contributed by atoms with E-state index in [2.05, 4.69) is 4.99 Å². The molecule has 7 nitrogen and oxygen atoms in total. The van der Waals surface area contributed by atoms with Crippen molar-refractivity contribution in [2.45, 2.75) is 6.42 Å². The van der Waals surface area contributed by atoms with Crippen LogP contribution in [0.4, 0.5) is 0 Å². The molecule has 0 saturated heterocycles. The molecular weight excluding hydrogens is 260 g/mol. The normalized spacial score (nSPS) is 13.3. The Balaban J connectivity index is 2.46. The molecule has 0 spiro atoms. The lowest BCUT2D eigenvalue weighted by molar-refractivity contribution is -0.114. The van der Waals surface area contributed by atoms with E-state index in [0.29, 0.717) is 23.3 Å². The van der Waals surface area contributed by atoms with Gasteiger partial charge in [-0.2, -0.15) is 4.99 Å². The molecule has 1 aliphatic heterocycles. The minimum atomic E-state index is -0.589. The quantitative estimate of drug-likeness (QED) is 0.505. The van der Waals surface area contributed by atoms with Crippen LogP contribution in [0.2, 0.25) is 0 Å². The highest BCUT2D eigenvalue weighted by Gasteiger charge is 2.19. The molecule has 0 unspecified atom stereocenters. The minimum Gasteiger partial charge on any atom is -0.492 e. The second kappa shape index (κ2) is 5.43. The summed E-state index contributed by atoms with van der Waals surface area (Å²) in [5.74, 6) is -1.04. The standard InChI is InChI=1S/C13H14N4O3/c14-11(18)9-3-1-2-7-6-8(4-5-20-10(7)9)12(19)17-13(15)16/h1-3,6H,4-5H2,(H2,14,18)(H4,15,16,17,19). The maximum Gasteiger partial charge on any atom is 0.276 e. The summed E-state index contributed by atoms with van der Waals surface area (Å²) in [5.41, 5.74) is 16.9. The molecule has 104 valence electrons. The number of nitrogens with two attached hydrogens (primary N) is 3. The predicted molar refractivity (Wildman–Crippen MR) is 73.9 cm³/mol. The lowest BCUT2D eigenvalue weighted by Gasteiger charge is -2.09. The number of guanidine groups is 1. The molecule has 6 N–H and O–H groups in total. The van der Waals surface area contributed by atoms with Gasteiger partial charge >= 0.3 is 0 Å². The van der Waals surface area contributed by atoms with Crippen LogP contribution in [-0.4, -0.2) is 24.4 Å². The van der Waals surface area contributed by atoms with E-state index >= 15 is 0 Å². The summed E-state index contributed by atoms with van der Waals surface area (Å²) in [6.45, 7) is 0.231. The average Bonchev–Trinajstić information content (AvgIpc) is 2.59. The van der Waals surface area contributed by atoms with Gasteiger partial charge in [-0.15, -0.1) is 0 Å². The number of primary amides is 1. The predicted octanol–water partition coefficient (Wildman–Crippen LogP) is -0.249. The number of ether oxygens (including phenoxy) is 1. The third-order valence-electron chi connectivity index (χ3n) is 2.76. The minimum absolute atomic E-state index is 0.231. The van der Waals surface area contributed by atoms with Crippen molar-refractivity contribution in [3.8, 4) is 5.75 Å². The number of amides is 2. The van der Waals surface area contributed by atoms with Crippen LogP contribution in [0.25, 0.3) is 6.08 Å². The van der Waals surface area contributed by atoms with Gasteiger partial charge in [0.1, 0.15) is 5.75 Å². The van der Waals surface area contributed by atoms with Crippen LogP contribution in [0.5, 0.6) is 5.75 Å². The molecule has 1 aromatic carbocycles. The van der Waals surface area contributed by atoms with Crippen molar-refractivity contribution >= 4 is 23.8 Å². The van der Waals surface area contributed by atoms with Gasteiger partial charge in [0.25, 0.3) is 11.8 Å². The molecule has 0 saturated carbocycles. The van der Waals surface area contributed by atoms with Gasteiger partial charge in [-0.3, -0.25) is 9.59 Å². The fraction of sp³-hybridized carbons (Fsp3) is 0.154. The van der Waals surface area contributed by atoms with E-state index in [1.165, 1.54) is 0 Å². The van der Waals surface area contributed by atoms with Crippen LogP contribution in [0.1, 0.15) is 22.3 Å². The molecule has 0 aliphatic carbocycles. The fourth-order valence-electron chi connectivity index (χ4n) is 1.90. The van der Waals surface area contributed by atoms with Crippen molar-refractivity contribution < 1.29 is 14.3 Å². The van der Waals surface area contributed by atoms with Crippen LogP contribution < -0.4 is 21.9 Å². The first-order valence-electron chi connectivity index (χ1n) is 5.89. The molecule has 20 heavy (non-hydrogen) atoms. The van der Waals surface area contributed by atoms with Gasteiger partial charge in [0.15, 0.2) is 5.96 Å². The average molecular weight is 274 g/mol. The SMILES string of the molecule is NC(=O)c1cccc2c1OCCC(C(=O)N=C(N)N)=C2. The Kier molecular flexibility index (Phi) is 3.69. The maximum atomic E-state index is 11.8. The molecule has 0 radical (unpaired) electrons. The summed E-state index contributed by atoms with van der Waals surface area (Å²) in [4.78, 5) is 26.7. The molecule has 0 aromatic heterocycles. The smallest absolute Gasteiger partial charge is 0.276 e. The Labute approximate surface area is 115 Å². The Morgan fingerprint density at radius 3 is 2.60 bits per heavy atom. The van der Waals surface area contributed by atoms with E-state index in [4.69, 9.17) is 21.9 Å². The van der Waals surface area contributed by atoms with Gasteiger partial charge in [-0.25, -0.2) is 0 Å². The van der Waals surface area contributed by atoms with Crippen LogP contribution in [0.15, 0.2) is 28.8 Å². The van der Waals surface area contributed by atoms with Gasteiger partial charge in [0, 0.05) is 17.6 Å². The van der Waals surface area contributed by atoms with Crippen molar-refractivity contribution in [2.75, 3.05) is 6.61 Å².